The molecule has 0 aliphatic rings. The summed E-state index contributed by atoms with van der Waals surface area (Å²) in [5, 5.41) is 8.91. The molecular weight excluding hydrogens is 517 g/mol. The van der Waals surface area contributed by atoms with Gasteiger partial charge in [-0.2, -0.15) is 0 Å². The lowest BCUT2D eigenvalue weighted by atomic mass is 10.1. The van der Waals surface area contributed by atoms with Crippen LogP contribution in [-0.2, 0) is 11.3 Å². The van der Waals surface area contributed by atoms with Crippen molar-refractivity contribution in [1.29, 1.82) is 0 Å². The highest BCUT2D eigenvalue weighted by Crippen LogP contribution is 2.26. The van der Waals surface area contributed by atoms with Gasteiger partial charge in [-0.3, -0.25) is 4.79 Å². The van der Waals surface area contributed by atoms with Gasteiger partial charge in [-0.1, -0.05) is 48.6 Å². The predicted molar refractivity (Wildman–Crippen MR) is 153 cm³/mol. The molecule has 0 unspecified atom stereocenters. The van der Waals surface area contributed by atoms with Crippen molar-refractivity contribution in [3.8, 4) is 0 Å². The molecule has 1 heterocycles. The van der Waals surface area contributed by atoms with E-state index in [4.69, 9.17) is 21.9 Å². The van der Waals surface area contributed by atoms with Crippen LogP contribution in [0.3, 0.4) is 0 Å². The Labute approximate surface area is 231 Å². The first-order chi connectivity index (χ1) is 18.9. The topological polar surface area (TPSA) is 108 Å². The molecule has 0 bridgehead atoms. The van der Waals surface area contributed by atoms with Crippen LogP contribution in [0.1, 0.15) is 54.0 Å². The normalized spacial score (nSPS) is 11.5. The average molecular weight is 548 g/mol. The number of amides is 2. The summed E-state index contributed by atoms with van der Waals surface area (Å²) >= 11 is 5.07. The van der Waals surface area contributed by atoms with Crippen LogP contribution >= 0.6 is 12.2 Å². The van der Waals surface area contributed by atoms with E-state index in [1.807, 2.05) is 43.3 Å². The van der Waals surface area contributed by atoms with Gasteiger partial charge in [0.25, 0.3) is 5.91 Å². The van der Waals surface area contributed by atoms with Crippen molar-refractivity contribution in [2.75, 3.05) is 11.9 Å². The first-order valence-corrected chi connectivity index (χ1v) is 13.1. The number of fused-ring (bicyclic) bond motifs is 1. The van der Waals surface area contributed by atoms with Crippen LogP contribution in [-0.4, -0.2) is 33.5 Å². The summed E-state index contributed by atoms with van der Waals surface area (Å²) in [7, 11) is 0. The summed E-state index contributed by atoms with van der Waals surface area (Å²) in [6.45, 7) is 2.72. The molecule has 1 atom stereocenters. The Hall–Kier alpha value is -4.31. The minimum Gasteiger partial charge on any atom is -0.445 e. The quantitative estimate of drug-likeness (QED) is 0.135. The number of anilines is 1. The maximum atomic E-state index is 13.3. The highest BCUT2D eigenvalue weighted by molar-refractivity contribution is 7.80. The molecule has 2 amide bonds. The second-order valence-electron chi connectivity index (χ2n) is 9.02. The molecule has 8 nitrogen and oxygen atoms in total. The molecule has 39 heavy (non-hydrogen) atoms. The third-order valence-electron chi connectivity index (χ3n) is 6.01. The highest BCUT2D eigenvalue weighted by Gasteiger charge is 2.21. The van der Waals surface area contributed by atoms with Crippen LogP contribution < -0.4 is 16.0 Å². The van der Waals surface area contributed by atoms with Gasteiger partial charge in [0.05, 0.1) is 22.2 Å². The van der Waals surface area contributed by atoms with E-state index in [2.05, 4.69) is 20.9 Å². The molecular formula is C29H30FN5O3S. The van der Waals surface area contributed by atoms with Gasteiger partial charge in [-0.15, -0.1) is 0 Å². The van der Waals surface area contributed by atoms with Crippen molar-refractivity contribution >= 4 is 45.9 Å². The lowest BCUT2D eigenvalue weighted by Crippen LogP contribution is -2.30. The van der Waals surface area contributed by atoms with Crippen molar-refractivity contribution in [2.24, 2.45) is 0 Å². The van der Waals surface area contributed by atoms with Crippen molar-refractivity contribution in [3.05, 3.63) is 95.6 Å². The lowest BCUT2D eigenvalue weighted by molar-refractivity contribution is 0.102. The molecule has 4 aromatic rings. The molecule has 0 aliphatic carbocycles. The SMILES string of the molecule is CC(=S)NCCCC[C@H](NC(=O)OCc1ccccc1)c1nc2c(NC(=O)c3ccc(F)cc3)cccc2[nH]1. The van der Waals surface area contributed by atoms with Gasteiger partial charge in [-0.05, 0) is 68.1 Å². The van der Waals surface area contributed by atoms with Crippen LogP contribution in [0.4, 0.5) is 14.9 Å². The Bertz CT molecular complexity index is 1430. The van der Waals surface area contributed by atoms with Crippen LogP contribution in [0, 0.1) is 5.82 Å². The first kappa shape index (κ1) is 27.7. The molecule has 0 fully saturated rings. The number of H-pyrrole nitrogens is 1. The van der Waals surface area contributed by atoms with Crippen molar-refractivity contribution < 1.29 is 18.7 Å². The summed E-state index contributed by atoms with van der Waals surface area (Å²) in [5.74, 6) is -0.253. The summed E-state index contributed by atoms with van der Waals surface area (Å²) in [4.78, 5) is 34.2. The molecule has 0 saturated carbocycles. The summed E-state index contributed by atoms with van der Waals surface area (Å²) in [6.07, 6.45) is 1.70. The number of ether oxygens (including phenoxy) is 1. The smallest absolute Gasteiger partial charge is 0.408 e. The van der Waals surface area contributed by atoms with Gasteiger partial charge in [-0.25, -0.2) is 14.2 Å². The van der Waals surface area contributed by atoms with E-state index in [9.17, 15) is 14.0 Å². The Balaban J connectivity index is 1.49. The van der Waals surface area contributed by atoms with Gasteiger partial charge in [0.15, 0.2) is 0 Å². The Morgan fingerprint density at radius 2 is 1.79 bits per heavy atom. The Kier molecular flexibility index (Phi) is 9.58. The van der Waals surface area contributed by atoms with E-state index in [1.165, 1.54) is 24.3 Å². The van der Waals surface area contributed by atoms with E-state index >= 15 is 0 Å². The van der Waals surface area contributed by atoms with E-state index in [1.54, 1.807) is 12.1 Å². The molecule has 1 aromatic heterocycles. The number of rotatable bonds is 11. The lowest BCUT2D eigenvalue weighted by Gasteiger charge is -2.17. The van der Waals surface area contributed by atoms with E-state index in [-0.39, 0.29) is 12.5 Å². The first-order valence-electron chi connectivity index (χ1n) is 12.7. The number of alkyl carbamates (subject to hydrolysis) is 1. The number of hydrogen-bond acceptors (Lipinski definition) is 5. The highest BCUT2D eigenvalue weighted by atomic mass is 32.1. The Morgan fingerprint density at radius 3 is 2.54 bits per heavy atom. The van der Waals surface area contributed by atoms with E-state index in [0.29, 0.717) is 34.5 Å². The fraction of sp³-hybridized carbons (Fsp3) is 0.241. The second-order valence-corrected chi connectivity index (χ2v) is 9.63. The largest absolute Gasteiger partial charge is 0.445 e. The number of halogens is 1. The van der Waals surface area contributed by atoms with E-state index in [0.717, 1.165) is 29.9 Å². The van der Waals surface area contributed by atoms with Crippen molar-refractivity contribution in [3.63, 3.8) is 0 Å². The summed E-state index contributed by atoms with van der Waals surface area (Å²) in [5.41, 5.74) is 2.95. The Morgan fingerprint density at radius 1 is 1.03 bits per heavy atom. The van der Waals surface area contributed by atoms with Gasteiger partial charge < -0.3 is 25.7 Å². The average Bonchev–Trinajstić information content (AvgIpc) is 3.37. The third kappa shape index (κ3) is 8.08. The molecule has 0 saturated heterocycles. The number of nitrogens with zero attached hydrogens (tertiary/aromatic N) is 1. The minimum atomic E-state index is -0.554. The molecule has 202 valence electrons. The fourth-order valence-corrected chi connectivity index (χ4v) is 4.14. The number of aromatic amines is 1. The number of benzene rings is 3. The third-order valence-corrected chi connectivity index (χ3v) is 6.16. The zero-order valence-electron chi connectivity index (χ0n) is 21.5. The van der Waals surface area contributed by atoms with Gasteiger partial charge in [0, 0.05) is 12.1 Å². The zero-order valence-corrected chi connectivity index (χ0v) is 22.3. The predicted octanol–water partition coefficient (Wildman–Crippen LogP) is 6.03. The molecule has 4 rings (SSSR count). The second kappa shape index (κ2) is 13.5. The van der Waals surface area contributed by atoms with Gasteiger partial charge in [0.1, 0.15) is 23.8 Å². The van der Waals surface area contributed by atoms with Gasteiger partial charge >= 0.3 is 6.09 Å². The van der Waals surface area contributed by atoms with Crippen molar-refractivity contribution in [2.45, 2.75) is 38.8 Å². The monoisotopic (exact) mass is 547 g/mol. The number of hydrogen-bond donors (Lipinski definition) is 4. The van der Waals surface area contributed by atoms with Crippen LogP contribution in [0.25, 0.3) is 11.0 Å². The summed E-state index contributed by atoms with van der Waals surface area (Å²) < 4.78 is 18.7. The van der Waals surface area contributed by atoms with Crippen LogP contribution in [0.5, 0.6) is 0 Å². The van der Waals surface area contributed by atoms with Gasteiger partial charge in [0.2, 0.25) is 0 Å². The maximum absolute atomic E-state index is 13.3. The van der Waals surface area contributed by atoms with Crippen LogP contribution in [0.15, 0.2) is 72.8 Å². The van der Waals surface area contributed by atoms with Crippen LogP contribution in [0.2, 0.25) is 0 Å². The number of nitrogens with one attached hydrogen (secondary N) is 4. The number of unbranched alkanes of at least 4 members (excludes halogenated alkanes) is 1. The number of imidazole rings is 1. The number of aromatic nitrogens is 2. The summed E-state index contributed by atoms with van der Waals surface area (Å²) in [6, 6.07) is 19.7. The molecule has 0 radical (unpaired) electrons. The van der Waals surface area contributed by atoms with Crippen molar-refractivity contribution in [1.82, 2.24) is 20.6 Å². The number of carbonyl (C=O) groups excluding carboxylic acids is 2. The molecule has 0 spiro atoms. The molecule has 3 aromatic carbocycles. The molecule has 4 N–H and O–H groups in total. The standard InChI is InChI=1S/C29H30FN5O3S/c1-19(39)31-17-6-5-10-25(34-29(37)38-18-20-8-3-2-4-9-20)27-32-23-11-7-12-24(26(23)35-27)33-28(36)21-13-15-22(30)16-14-21/h2-4,7-9,11-16,25H,5-6,10,17-18H2,1H3,(H,31,39)(H,32,35)(H,33,36)(H,34,37)/t25-/m0/s1. The zero-order chi connectivity index (χ0) is 27.6. The number of carbonyl (C=O) groups is 2. The minimum absolute atomic E-state index is 0.150. The maximum Gasteiger partial charge on any atom is 0.408 e. The molecule has 0 aliphatic heterocycles. The van der Waals surface area contributed by atoms with E-state index < -0.39 is 18.0 Å². The molecule has 10 heteroatoms. The number of thiocarbonyl (C=S) groups is 1. The number of para-hydroxylation sites is 1. The fourth-order valence-electron chi connectivity index (χ4n) is 4.04.